The van der Waals surface area contributed by atoms with Crippen molar-refractivity contribution in [2.75, 3.05) is 0 Å². The zero-order valence-electron chi connectivity index (χ0n) is 66.0. The molecule has 12 aromatic heterocycles. The number of halogens is 4. The van der Waals surface area contributed by atoms with Gasteiger partial charge in [-0.3, -0.25) is 70.6 Å². The summed E-state index contributed by atoms with van der Waals surface area (Å²) >= 11 is 22.3. The number of fused-ring (bicyclic) bond motifs is 6. The number of H-pyrrole nitrogens is 1. The van der Waals surface area contributed by atoms with Crippen LogP contribution < -0.4 is 39.5 Å². The molecule has 120 heavy (non-hydrogen) atoms. The van der Waals surface area contributed by atoms with Crippen LogP contribution in [-0.4, -0.2) is 132 Å². The number of nitrogens with one attached hydrogen (secondary N) is 1. The Balaban J connectivity index is 0.000000163. The monoisotopic (exact) mass is 1770 g/mol. The first-order valence-electron chi connectivity index (χ1n) is 35.9. The van der Waals surface area contributed by atoms with Gasteiger partial charge in [0.1, 0.15) is 34.7 Å². The highest BCUT2D eigenvalue weighted by atomic mass is 79.9. The molecule has 15 rings (SSSR count). The molecule has 1 amide bonds. The SMILES string of the molecule is Cn1c(Br)nc2c1c(=O)n(Cc1cc3c(Cl)cccc3n1C(=O)OC(C)(C)C)c(=O)n2C.Cn1c(C(C#N)c2ccncc2)nc2c1c(=O)n(Cc1cc3c(Cl)cccc3n1C(=O)OC(C)(C)C)c(=O)n2C.Cn1c(C(C(N)=O)c2ccncc2)nc2c1c(=O)n(Cc1cc3c(Cl)cccc3[nH]1)c(=O)n2C.N#CCc1ccncc1.O=S(=O)(O)O. The van der Waals surface area contributed by atoms with E-state index in [2.05, 4.69) is 63.0 Å². The molecule has 0 aliphatic carbocycles. The zero-order chi connectivity index (χ0) is 87.6. The molecular weight excluding hydrogens is 1700 g/mol. The molecule has 5 N–H and O–H groups in total. The van der Waals surface area contributed by atoms with Crippen LogP contribution in [0.4, 0.5) is 9.59 Å². The molecule has 41 heteroatoms. The highest BCUT2D eigenvalue weighted by molar-refractivity contribution is 9.10. The summed E-state index contributed by atoms with van der Waals surface area (Å²) in [5.74, 6) is -1.77. The minimum absolute atomic E-state index is 0.0105. The van der Waals surface area contributed by atoms with Gasteiger partial charge in [0.05, 0.1) is 60.6 Å². The largest absolute Gasteiger partial charge is 0.443 e. The van der Waals surface area contributed by atoms with Gasteiger partial charge in [0.25, 0.3) is 16.7 Å². The Hall–Kier alpha value is -13.2. The fraction of sp³-hybridized carbons (Fsp3) is 0.253. The molecular formula is C79H75BrCl3N21O15S. The fourth-order valence-electron chi connectivity index (χ4n) is 13.2. The van der Waals surface area contributed by atoms with E-state index >= 15 is 0 Å². The second-order valence-corrected chi connectivity index (χ2v) is 31.9. The first-order chi connectivity index (χ1) is 56.5. The Bertz CT molecular complexity index is 7170. The second kappa shape index (κ2) is 35.2. The van der Waals surface area contributed by atoms with Crippen LogP contribution in [0.15, 0.2) is 180 Å². The number of aromatic amines is 1. The summed E-state index contributed by atoms with van der Waals surface area (Å²) in [5.41, 5.74) is 7.42. The first-order valence-corrected chi connectivity index (χ1v) is 39.3. The van der Waals surface area contributed by atoms with E-state index in [0.29, 0.717) is 82.1 Å². The molecule has 0 spiro atoms. The summed E-state index contributed by atoms with van der Waals surface area (Å²) in [6.07, 6.45) is 8.79. The van der Waals surface area contributed by atoms with E-state index in [1.165, 1.54) is 46.1 Å². The van der Waals surface area contributed by atoms with Crippen molar-refractivity contribution >= 4 is 145 Å². The maximum atomic E-state index is 13.8. The van der Waals surface area contributed by atoms with Crippen LogP contribution in [0.3, 0.4) is 0 Å². The third-order valence-corrected chi connectivity index (χ3v) is 20.4. The Morgan fingerprint density at radius 3 is 1.33 bits per heavy atom. The highest BCUT2D eigenvalue weighted by Crippen LogP contribution is 2.33. The van der Waals surface area contributed by atoms with E-state index in [0.717, 1.165) is 30.2 Å². The molecule has 0 fully saturated rings. The molecule has 0 radical (unpaired) electrons. The summed E-state index contributed by atoms with van der Waals surface area (Å²) in [7, 11) is 4.84. The van der Waals surface area contributed by atoms with Crippen LogP contribution in [0.2, 0.25) is 15.1 Å². The van der Waals surface area contributed by atoms with Crippen LogP contribution in [0.5, 0.6) is 0 Å². The predicted octanol–water partition coefficient (Wildman–Crippen LogP) is 9.68. The Labute approximate surface area is 703 Å². The summed E-state index contributed by atoms with van der Waals surface area (Å²) in [4.78, 5) is 147. The number of nitriles is 2. The molecule has 0 bridgehead atoms. The van der Waals surface area contributed by atoms with Crippen molar-refractivity contribution in [3.05, 3.63) is 274 Å². The molecule has 2 unspecified atom stereocenters. The van der Waals surface area contributed by atoms with Gasteiger partial charge in [-0.05, 0) is 165 Å². The minimum Gasteiger partial charge on any atom is -0.443 e. The van der Waals surface area contributed by atoms with Crippen molar-refractivity contribution in [1.82, 2.24) is 85.1 Å². The van der Waals surface area contributed by atoms with E-state index in [1.54, 1.807) is 190 Å². The number of ether oxygens (including phenoxy) is 2. The number of rotatable bonds is 12. The highest BCUT2D eigenvalue weighted by Gasteiger charge is 2.32. The summed E-state index contributed by atoms with van der Waals surface area (Å²) < 4.78 is 57.6. The van der Waals surface area contributed by atoms with Crippen LogP contribution in [0, 0.1) is 22.7 Å². The third kappa shape index (κ3) is 18.4. The average molecular weight is 1780 g/mol. The normalized spacial score (nSPS) is 12.0. The average Bonchev–Trinajstić information content (AvgIpc) is 1.59. The van der Waals surface area contributed by atoms with Gasteiger partial charge < -0.3 is 33.9 Å². The maximum Gasteiger partial charge on any atom is 0.419 e. The first kappa shape index (κ1) is 87.6. The van der Waals surface area contributed by atoms with Crippen LogP contribution in [0.1, 0.15) is 98.8 Å². The van der Waals surface area contributed by atoms with E-state index < -0.39 is 85.3 Å². The van der Waals surface area contributed by atoms with Gasteiger partial charge in [0, 0.05) is 122 Å². The number of amides is 1. The lowest BCUT2D eigenvalue weighted by atomic mass is 9.99. The van der Waals surface area contributed by atoms with E-state index in [1.807, 2.05) is 30.3 Å². The zero-order valence-corrected chi connectivity index (χ0v) is 70.7. The lowest BCUT2D eigenvalue weighted by molar-refractivity contribution is -0.118. The summed E-state index contributed by atoms with van der Waals surface area (Å²) in [6, 6.07) is 35.6. The van der Waals surface area contributed by atoms with Crippen LogP contribution in [-0.2, 0) is 93.0 Å². The molecule has 15 aromatic rings. The standard InChI is InChI=1S/C28H26ClN7O4.C23H20ClN7O3.C21H21BrClN5O4.C7H6N2.H2O4S/c1-28(2,3)40-27(39)36-17(13-18-20(29)7-6-8-21(18)36)15-35-25(37)22-24(34(5)26(35)38)32-23(33(22)4)19(14-30)16-9-11-31-12-10-16;1-29-18-21(28-20(29)17(19(25)32)12-6-8-26-9-7-12)30(2)23(34)31(22(18)33)11-13-10-14-15(24)4-3-5-16(14)27-13;1-21(2,3)32-20(31)28-11(9-12-13(23)7-6-8-14(12)28)10-27-17(29)15-16(26(5)19(27)30)24-18(22)25(15)4;8-4-1-7-2-5-9-6-3-7;1-5(2,3)4/h6-13,19H,15H2,1-5H3;3-10,17,27H,11H2,1-2H3,(H2,25,32);6-9H,10H2,1-5H3;2-3,5-6H,1H2;(H2,1,2,3,4). The maximum absolute atomic E-state index is 13.8. The number of carbonyl (C=O) groups is 3. The van der Waals surface area contributed by atoms with Gasteiger partial charge in [-0.2, -0.15) is 18.9 Å². The molecule has 2 atom stereocenters. The van der Waals surface area contributed by atoms with Gasteiger partial charge in [0.2, 0.25) is 5.91 Å². The number of aromatic nitrogens is 18. The molecule has 0 aliphatic heterocycles. The predicted molar refractivity (Wildman–Crippen MR) is 451 cm³/mol. The fourth-order valence-corrected chi connectivity index (χ4v) is 14.3. The van der Waals surface area contributed by atoms with Crippen molar-refractivity contribution < 1.29 is 41.4 Å². The summed E-state index contributed by atoms with van der Waals surface area (Å²) in [5, 5.41) is 21.6. The molecule has 3 aromatic carbocycles. The van der Waals surface area contributed by atoms with Gasteiger partial charge >= 0.3 is 39.7 Å². The molecule has 620 valence electrons. The van der Waals surface area contributed by atoms with Crippen molar-refractivity contribution in [3.8, 4) is 12.1 Å². The molecule has 0 saturated carbocycles. The number of hydrogen-bond donors (Lipinski definition) is 4. The topological polar surface area (TPSA) is 468 Å². The Morgan fingerprint density at radius 1 is 0.533 bits per heavy atom. The third-order valence-electron chi connectivity index (χ3n) is 18.7. The van der Waals surface area contributed by atoms with Gasteiger partial charge in [-0.15, -0.1) is 0 Å². The lowest BCUT2D eigenvalue weighted by Gasteiger charge is -2.21. The number of benzene rings is 3. The number of pyridine rings is 3. The number of primary amides is 1. The Morgan fingerprint density at radius 2 is 0.917 bits per heavy atom. The minimum atomic E-state index is -4.67. The molecule has 12 heterocycles. The summed E-state index contributed by atoms with van der Waals surface area (Å²) in [6.45, 7) is 10.1. The van der Waals surface area contributed by atoms with Crippen molar-refractivity contribution in [2.24, 2.45) is 48.0 Å². The van der Waals surface area contributed by atoms with Gasteiger partial charge in [0.15, 0.2) is 38.2 Å². The Kier molecular flexibility index (Phi) is 25.7. The number of imidazole rings is 3. The van der Waals surface area contributed by atoms with E-state index in [4.69, 9.17) is 72.8 Å². The smallest absolute Gasteiger partial charge is 0.419 e. The van der Waals surface area contributed by atoms with Crippen LogP contribution in [0.25, 0.3) is 66.2 Å². The van der Waals surface area contributed by atoms with E-state index in [9.17, 15) is 48.4 Å². The van der Waals surface area contributed by atoms with Crippen molar-refractivity contribution in [3.63, 3.8) is 0 Å². The lowest BCUT2D eigenvalue weighted by Crippen LogP contribution is -2.40. The van der Waals surface area contributed by atoms with Crippen molar-refractivity contribution in [2.45, 2.75) is 90.6 Å². The van der Waals surface area contributed by atoms with Crippen molar-refractivity contribution in [1.29, 1.82) is 10.5 Å². The number of nitrogens with zero attached hydrogens (tertiary/aromatic N) is 19. The quantitative estimate of drug-likeness (QED) is 0.0652. The molecule has 0 aliphatic rings. The number of hydrogen-bond acceptors (Lipinski definition) is 21. The van der Waals surface area contributed by atoms with E-state index in [-0.39, 0.29) is 59.0 Å². The number of carbonyl (C=O) groups excluding carboxylic acids is 3. The number of nitrogens with two attached hydrogens (primary N) is 1. The number of aryl methyl sites for hydroxylation is 6. The molecule has 0 saturated heterocycles. The molecule has 36 nitrogen and oxygen atoms in total. The van der Waals surface area contributed by atoms with Gasteiger partial charge in [-0.25, -0.2) is 48.1 Å². The van der Waals surface area contributed by atoms with Crippen LogP contribution >= 0.6 is 50.7 Å². The second-order valence-electron chi connectivity index (χ2n) is 29.1. The van der Waals surface area contributed by atoms with Gasteiger partial charge in [-0.1, -0.05) is 53.0 Å².